The number of hydrogen-bond donors (Lipinski definition) is 0. The van der Waals surface area contributed by atoms with Crippen molar-refractivity contribution in [3.63, 3.8) is 0 Å². The van der Waals surface area contributed by atoms with Gasteiger partial charge in [0.05, 0.1) is 39.9 Å². The highest BCUT2D eigenvalue weighted by atomic mass is 79.9. The van der Waals surface area contributed by atoms with E-state index in [0.717, 1.165) is 24.1 Å². The van der Waals surface area contributed by atoms with E-state index in [4.69, 9.17) is 0 Å². The van der Waals surface area contributed by atoms with Gasteiger partial charge in [-0.2, -0.15) is 0 Å². The highest BCUT2D eigenvalue weighted by Gasteiger charge is 2.59. The molecule has 17 heavy (non-hydrogen) atoms. The summed E-state index contributed by atoms with van der Waals surface area (Å²) in [6, 6.07) is 5.22. The number of ether oxygens (including phenoxy) is 1. The Kier molecular flexibility index (Phi) is 2.10. The maximum absolute atomic E-state index is 12.1. The van der Waals surface area contributed by atoms with Crippen molar-refractivity contribution in [1.82, 2.24) is 0 Å². The van der Waals surface area contributed by atoms with Crippen molar-refractivity contribution in [3.8, 4) is 0 Å². The van der Waals surface area contributed by atoms with E-state index in [9.17, 15) is 9.59 Å². The van der Waals surface area contributed by atoms with E-state index in [-0.39, 0.29) is 17.3 Å². The first-order valence-electron chi connectivity index (χ1n) is 5.33. The van der Waals surface area contributed by atoms with E-state index in [1.54, 1.807) is 18.2 Å². The van der Waals surface area contributed by atoms with Crippen LogP contribution in [0.5, 0.6) is 0 Å². The number of amides is 1. The molecule has 1 saturated carbocycles. The van der Waals surface area contributed by atoms with Gasteiger partial charge in [-0.25, -0.2) is 8.72 Å². The number of esters is 1. The highest BCUT2D eigenvalue weighted by Crippen LogP contribution is 2.58. The van der Waals surface area contributed by atoms with Crippen molar-refractivity contribution >= 4 is 33.7 Å². The molecule has 0 bridgehead atoms. The lowest BCUT2D eigenvalue weighted by Gasteiger charge is -2.07. The van der Waals surface area contributed by atoms with Gasteiger partial charge in [-0.15, -0.1) is 0 Å². The van der Waals surface area contributed by atoms with Crippen LogP contribution in [0.25, 0.3) is 0 Å². The second-order valence-corrected chi connectivity index (χ2v) is 5.10. The molecule has 4 nitrogen and oxygen atoms in total. The van der Waals surface area contributed by atoms with E-state index in [2.05, 4.69) is 20.9 Å². The molecular formula is C12H10BrNO3. The molecule has 0 aromatic heterocycles. The standard InChI is InChI=1S/C12H10BrNO3/c1-17-10(15)7-2-3-9-8(6-7)12(4-5-12)11(16)14(9)13/h2-3,6H,4-5H2,1H3. The Labute approximate surface area is 107 Å². The third-order valence-corrected chi connectivity index (χ3v) is 4.19. The number of carbonyl (C=O) groups is 2. The fourth-order valence-corrected chi connectivity index (χ4v) is 3.00. The van der Waals surface area contributed by atoms with Crippen molar-refractivity contribution in [2.75, 3.05) is 11.0 Å². The van der Waals surface area contributed by atoms with Crippen LogP contribution in [0.2, 0.25) is 0 Å². The first kappa shape index (κ1) is 10.8. The smallest absolute Gasteiger partial charge is 0.337 e. The number of carbonyl (C=O) groups excluding carboxylic acids is 2. The summed E-state index contributed by atoms with van der Waals surface area (Å²) >= 11 is 3.26. The molecule has 3 rings (SSSR count). The summed E-state index contributed by atoms with van der Waals surface area (Å²) in [7, 11) is 1.35. The van der Waals surface area contributed by atoms with Crippen molar-refractivity contribution in [3.05, 3.63) is 29.3 Å². The summed E-state index contributed by atoms with van der Waals surface area (Å²) in [5, 5.41) is 0. The summed E-state index contributed by atoms with van der Waals surface area (Å²) in [6.07, 6.45) is 1.71. The minimum Gasteiger partial charge on any atom is -0.465 e. The van der Waals surface area contributed by atoms with E-state index in [1.165, 1.54) is 11.0 Å². The van der Waals surface area contributed by atoms with Crippen molar-refractivity contribution < 1.29 is 14.3 Å². The Balaban J connectivity index is 2.14. The van der Waals surface area contributed by atoms with E-state index in [1.807, 2.05) is 0 Å². The SMILES string of the molecule is COC(=O)c1ccc2c(c1)C1(CC1)C(=O)N2Br. The second kappa shape index (κ2) is 3.32. The van der Waals surface area contributed by atoms with Crippen LogP contribution in [0.4, 0.5) is 5.69 Å². The third kappa shape index (κ3) is 1.29. The van der Waals surface area contributed by atoms with Gasteiger partial charge < -0.3 is 4.74 Å². The average Bonchev–Trinajstić information content (AvgIpc) is 3.13. The van der Waals surface area contributed by atoms with Crippen LogP contribution < -0.4 is 3.93 Å². The molecule has 0 radical (unpaired) electrons. The van der Waals surface area contributed by atoms with Crippen LogP contribution in [-0.2, 0) is 14.9 Å². The highest BCUT2D eigenvalue weighted by molar-refractivity contribution is 9.10. The minimum absolute atomic E-state index is 0.0644. The zero-order valence-electron chi connectivity index (χ0n) is 9.20. The number of benzene rings is 1. The number of rotatable bonds is 1. The fourth-order valence-electron chi connectivity index (χ4n) is 2.36. The Hall–Kier alpha value is -1.36. The van der Waals surface area contributed by atoms with Gasteiger partial charge in [0.2, 0.25) is 5.91 Å². The Morgan fingerprint density at radius 2 is 2.18 bits per heavy atom. The zero-order chi connectivity index (χ0) is 12.2. The normalized spacial score (nSPS) is 19.4. The Bertz CT molecular complexity index is 537. The van der Waals surface area contributed by atoms with Crippen molar-refractivity contribution in [2.45, 2.75) is 18.3 Å². The number of halogens is 1. The molecule has 0 saturated heterocycles. The van der Waals surface area contributed by atoms with Crippen LogP contribution in [0.1, 0.15) is 28.8 Å². The van der Waals surface area contributed by atoms with Crippen LogP contribution in [0.3, 0.4) is 0 Å². The van der Waals surface area contributed by atoms with Crippen molar-refractivity contribution in [2.24, 2.45) is 0 Å². The van der Waals surface area contributed by atoms with Gasteiger partial charge in [-0.3, -0.25) is 4.79 Å². The van der Waals surface area contributed by atoms with E-state index < -0.39 is 0 Å². The summed E-state index contributed by atoms with van der Waals surface area (Å²) in [4.78, 5) is 23.5. The Morgan fingerprint density at radius 1 is 1.47 bits per heavy atom. The van der Waals surface area contributed by atoms with E-state index in [0.29, 0.717) is 5.56 Å². The number of hydrogen-bond acceptors (Lipinski definition) is 3. The Morgan fingerprint density at radius 3 is 2.76 bits per heavy atom. The molecule has 1 amide bonds. The lowest BCUT2D eigenvalue weighted by Crippen LogP contribution is -2.23. The van der Waals surface area contributed by atoms with Crippen LogP contribution in [0.15, 0.2) is 18.2 Å². The topological polar surface area (TPSA) is 46.6 Å². The first-order valence-corrected chi connectivity index (χ1v) is 6.04. The summed E-state index contributed by atoms with van der Waals surface area (Å²) in [6.45, 7) is 0. The average molecular weight is 296 g/mol. The number of anilines is 1. The molecule has 1 aromatic rings. The second-order valence-electron chi connectivity index (χ2n) is 4.39. The largest absolute Gasteiger partial charge is 0.465 e. The molecule has 5 heteroatoms. The predicted octanol–water partition coefficient (Wildman–Crippen LogP) is 2.16. The van der Waals surface area contributed by atoms with E-state index >= 15 is 0 Å². The van der Waals surface area contributed by atoms with Crippen LogP contribution >= 0.6 is 16.1 Å². The fraction of sp³-hybridized carbons (Fsp3) is 0.333. The number of nitrogens with zero attached hydrogens (tertiary/aromatic N) is 1. The zero-order valence-corrected chi connectivity index (χ0v) is 10.8. The molecule has 0 unspecified atom stereocenters. The molecule has 1 fully saturated rings. The molecule has 1 aliphatic carbocycles. The number of methoxy groups -OCH3 is 1. The molecular weight excluding hydrogens is 286 g/mol. The molecule has 1 aliphatic heterocycles. The van der Waals surface area contributed by atoms with Crippen LogP contribution in [-0.4, -0.2) is 19.0 Å². The minimum atomic E-state index is -0.386. The van der Waals surface area contributed by atoms with Gasteiger partial charge in [0, 0.05) is 0 Å². The maximum atomic E-state index is 12.1. The molecule has 88 valence electrons. The van der Waals surface area contributed by atoms with Gasteiger partial charge in [0.25, 0.3) is 0 Å². The predicted molar refractivity (Wildman–Crippen MR) is 65.1 cm³/mol. The summed E-state index contributed by atoms with van der Waals surface area (Å²) in [5.41, 5.74) is 1.87. The number of fused-ring (bicyclic) bond motifs is 2. The molecule has 0 atom stereocenters. The van der Waals surface area contributed by atoms with Gasteiger partial charge >= 0.3 is 5.97 Å². The summed E-state index contributed by atoms with van der Waals surface area (Å²) < 4.78 is 6.19. The lowest BCUT2D eigenvalue weighted by molar-refractivity contribution is -0.118. The monoisotopic (exact) mass is 295 g/mol. The molecule has 0 N–H and O–H groups in total. The van der Waals surface area contributed by atoms with Crippen molar-refractivity contribution in [1.29, 1.82) is 0 Å². The third-order valence-electron chi connectivity index (χ3n) is 3.48. The van der Waals surface area contributed by atoms with Gasteiger partial charge in [0.15, 0.2) is 0 Å². The molecule has 2 aliphatic rings. The maximum Gasteiger partial charge on any atom is 0.337 e. The van der Waals surface area contributed by atoms with Crippen LogP contribution in [0, 0.1) is 0 Å². The molecule has 1 aromatic carbocycles. The quantitative estimate of drug-likeness (QED) is 0.589. The lowest BCUT2D eigenvalue weighted by atomic mass is 9.96. The van der Waals surface area contributed by atoms with Gasteiger partial charge in [-0.1, -0.05) is 0 Å². The van der Waals surface area contributed by atoms with Gasteiger partial charge in [0.1, 0.15) is 0 Å². The van der Waals surface area contributed by atoms with Gasteiger partial charge in [-0.05, 0) is 36.6 Å². The molecule has 1 heterocycles. The molecule has 1 spiro atoms. The first-order chi connectivity index (χ1) is 8.10. The summed E-state index contributed by atoms with van der Waals surface area (Å²) in [5.74, 6) is -0.307.